The quantitative estimate of drug-likeness (QED) is 0.486. The Balaban J connectivity index is 3.43. The van der Waals surface area contributed by atoms with Crippen molar-refractivity contribution in [1.29, 1.82) is 0 Å². The van der Waals surface area contributed by atoms with E-state index in [4.69, 9.17) is 8.85 Å². The van der Waals surface area contributed by atoms with E-state index in [1.165, 1.54) is 5.56 Å². The summed E-state index contributed by atoms with van der Waals surface area (Å²) in [4.78, 5) is 0. The topological polar surface area (TPSA) is 18.5 Å². The molecule has 0 saturated carbocycles. The molecule has 0 N–H and O–H groups in total. The third-order valence-electron chi connectivity index (χ3n) is 6.15. The van der Waals surface area contributed by atoms with Crippen LogP contribution in [0, 0.1) is 0 Å². The molecule has 1 aromatic rings. The molecule has 4 heteroatoms. The van der Waals surface area contributed by atoms with Gasteiger partial charge in [0, 0.05) is 0 Å². The second-order valence-electron chi connectivity index (χ2n) is 11.6. The first-order chi connectivity index (χ1) is 11.3. The highest BCUT2D eigenvalue weighted by Gasteiger charge is 2.42. The van der Waals surface area contributed by atoms with E-state index in [-0.39, 0.29) is 15.5 Å². The molecule has 1 aromatic carbocycles. The van der Waals surface area contributed by atoms with Gasteiger partial charge in [0.15, 0.2) is 0 Å². The van der Waals surface area contributed by atoms with Gasteiger partial charge in [0.25, 0.3) is 16.6 Å². The number of rotatable bonds is 4. The molecule has 2 nitrogen and oxygen atoms in total. The van der Waals surface area contributed by atoms with Gasteiger partial charge in [-0.25, -0.2) is 0 Å². The van der Waals surface area contributed by atoms with Crippen molar-refractivity contribution < 1.29 is 8.85 Å². The lowest BCUT2D eigenvalue weighted by atomic mass is 9.87. The molecule has 150 valence electrons. The molecule has 1 rings (SSSR count). The Bertz CT molecular complexity index is 627. The molecule has 0 bridgehead atoms. The molecule has 0 aliphatic carbocycles. The third kappa shape index (κ3) is 5.38. The fourth-order valence-electron chi connectivity index (χ4n) is 1.99. The predicted octanol–water partition coefficient (Wildman–Crippen LogP) is 7.75. The second-order valence-corrected chi connectivity index (χ2v) is 21.1. The maximum atomic E-state index is 6.73. The zero-order valence-electron chi connectivity index (χ0n) is 19.5. The zero-order chi connectivity index (χ0) is 20.8. The van der Waals surface area contributed by atoms with Gasteiger partial charge in [0.1, 0.15) is 11.5 Å². The zero-order valence-corrected chi connectivity index (χ0v) is 21.5. The van der Waals surface area contributed by atoms with E-state index < -0.39 is 16.6 Å². The third-order valence-corrected chi connectivity index (χ3v) is 14.8. The Kier molecular flexibility index (Phi) is 6.28. The molecule has 0 aromatic heterocycles. The van der Waals surface area contributed by atoms with Gasteiger partial charge in [-0.1, -0.05) is 68.4 Å². The van der Waals surface area contributed by atoms with E-state index in [0.29, 0.717) is 0 Å². The van der Waals surface area contributed by atoms with Crippen molar-refractivity contribution in [2.24, 2.45) is 0 Å². The minimum Gasteiger partial charge on any atom is -0.541 e. The van der Waals surface area contributed by atoms with Gasteiger partial charge in [-0.2, -0.15) is 0 Å². The van der Waals surface area contributed by atoms with Gasteiger partial charge in [-0.15, -0.1) is 0 Å². The van der Waals surface area contributed by atoms with Crippen LogP contribution >= 0.6 is 0 Å². The molecule has 0 fully saturated rings. The molecule has 0 spiro atoms. The summed E-state index contributed by atoms with van der Waals surface area (Å²) in [5, 5.41) is 0.308. The first kappa shape index (κ1) is 23.3. The minimum absolute atomic E-state index is 0.0844. The summed E-state index contributed by atoms with van der Waals surface area (Å²) < 4.78 is 13.4. The standard InChI is InChI=1S/C22H42O2Si2/c1-20(2,3)17-14-15-18(23-25(10,11)21(4,5)6)19(16-17)24-26(12,13)22(7,8)9/h14-16H,1-13H3. The molecule has 0 saturated heterocycles. The molecular formula is C22H42O2Si2. The van der Waals surface area contributed by atoms with Crippen molar-refractivity contribution in [3.8, 4) is 11.5 Å². The Morgan fingerprint density at radius 3 is 1.35 bits per heavy atom. The van der Waals surface area contributed by atoms with Crippen LogP contribution in [0.5, 0.6) is 11.5 Å². The van der Waals surface area contributed by atoms with E-state index in [2.05, 4.69) is 107 Å². The van der Waals surface area contributed by atoms with Crippen LogP contribution in [0.1, 0.15) is 67.9 Å². The Morgan fingerprint density at radius 1 is 0.615 bits per heavy atom. The molecule has 0 heterocycles. The summed E-state index contributed by atoms with van der Waals surface area (Å²) in [7, 11) is -3.87. The molecule has 0 atom stereocenters. The van der Waals surface area contributed by atoms with Crippen LogP contribution in [0.2, 0.25) is 36.3 Å². The highest BCUT2D eigenvalue weighted by Crippen LogP contribution is 2.44. The first-order valence-electron chi connectivity index (χ1n) is 9.80. The van der Waals surface area contributed by atoms with E-state index in [0.717, 1.165) is 11.5 Å². The van der Waals surface area contributed by atoms with Crippen LogP contribution in [0.25, 0.3) is 0 Å². The summed E-state index contributed by atoms with van der Waals surface area (Å²) in [6.07, 6.45) is 0. The molecule has 0 amide bonds. The van der Waals surface area contributed by atoms with Gasteiger partial charge < -0.3 is 8.85 Å². The lowest BCUT2D eigenvalue weighted by Crippen LogP contribution is -2.45. The van der Waals surface area contributed by atoms with Crippen LogP contribution < -0.4 is 8.85 Å². The van der Waals surface area contributed by atoms with Crippen LogP contribution in [-0.2, 0) is 5.41 Å². The monoisotopic (exact) mass is 394 g/mol. The SMILES string of the molecule is CC(C)(C)c1ccc(O[Si](C)(C)C(C)(C)C)c(O[Si](C)(C)C(C)(C)C)c1. The lowest BCUT2D eigenvalue weighted by Gasteiger charge is -2.40. The van der Waals surface area contributed by atoms with Crippen molar-refractivity contribution in [2.45, 2.75) is 104 Å². The number of benzene rings is 1. The molecule has 0 aliphatic heterocycles. The highest BCUT2D eigenvalue weighted by molar-refractivity contribution is 6.75. The average Bonchev–Trinajstić information content (AvgIpc) is 2.36. The fourth-order valence-corrected chi connectivity index (χ4v) is 4.03. The Morgan fingerprint density at radius 2 is 1.00 bits per heavy atom. The van der Waals surface area contributed by atoms with Gasteiger partial charge >= 0.3 is 0 Å². The maximum absolute atomic E-state index is 6.73. The summed E-state index contributed by atoms with van der Waals surface area (Å²) in [5.41, 5.74) is 1.37. The normalized spacial score (nSPS) is 14.3. The fraction of sp³-hybridized carbons (Fsp3) is 0.727. The van der Waals surface area contributed by atoms with E-state index in [1.54, 1.807) is 0 Å². The van der Waals surface area contributed by atoms with E-state index >= 15 is 0 Å². The van der Waals surface area contributed by atoms with Crippen LogP contribution in [-0.4, -0.2) is 16.6 Å². The van der Waals surface area contributed by atoms with Crippen LogP contribution in [0.3, 0.4) is 0 Å². The molecule has 0 radical (unpaired) electrons. The van der Waals surface area contributed by atoms with E-state index in [1.807, 2.05) is 0 Å². The summed E-state index contributed by atoms with van der Waals surface area (Å²) >= 11 is 0. The van der Waals surface area contributed by atoms with Gasteiger partial charge in [-0.3, -0.25) is 0 Å². The number of hydrogen-bond acceptors (Lipinski definition) is 2. The second kappa shape index (κ2) is 7.01. The Labute approximate surface area is 165 Å². The van der Waals surface area contributed by atoms with Crippen molar-refractivity contribution in [2.75, 3.05) is 0 Å². The van der Waals surface area contributed by atoms with Crippen LogP contribution in [0.4, 0.5) is 0 Å². The summed E-state index contributed by atoms with van der Waals surface area (Å²) in [6, 6.07) is 6.54. The van der Waals surface area contributed by atoms with Gasteiger partial charge in [0.2, 0.25) is 0 Å². The van der Waals surface area contributed by atoms with Crippen molar-refractivity contribution in [1.82, 2.24) is 0 Å². The van der Waals surface area contributed by atoms with Crippen molar-refractivity contribution in [3.05, 3.63) is 23.8 Å². The van der Waals surface area contributed by atoms with E-state index in [9.17, 15) is 0 Å². The smallest absolute Gasteiger partial charge is 0.250 e. The largest absolute Gasteiger partial charge is 0.541 e. The predicted molar refractivity (Wildman–Crippen MR) is 121 cm³/mol. The van der Waals surface area contributed by atoms with Gasteiger partial charge in [0.05, 0.1) is 0 Å². The molecule has 26 heavy (non-hydrogen) atoms. The summed E-state index contributed by atoms with van der Waals surface area (Å²) in [6.45, 7) is 29.6. The summed E-state index contributed by atoms with van der Waals surface area (Å²) in [5.74, 6) is 1.84. The minimum atomic E-state index is -1.94. The highest BCUT2D eigenvalue weighted by atomic mass is 28.4. The van der Waals surface area contributed by atoms with Gasteiger partial charge in [-0.05, 0) is 59.4 Å². The average molecular weight is 395 g/mol. The van der Waals surface area contributed by atoms with Crippen LogP contribution in [0.15, 0.2) is 18.2 Å². The molecule has 0 unspecified atom stereocenters. The van der Waals surface area contributed by atoms with Crippen molar-refractivity contribution >= 4 is 16.6 Å². The number of hydrogen-bond donors (Lipinski definition) is 0. The Hall–Kier alpha value is -0.746. The van der Waals surface area contributed by atoms with Crippen molar-refractivity contribution in [3.63, 3.8) is 0 Å². The molecule has 0 aliphatic rings. The first-order valence-corrected chi connectivity index (χ1v) is 15.6. The maximum Gasteiger partial charge on any atom is 0.250 e. The molecular weight excluding hydrogens is 352 g/mol. The lowest BCUT2D eigenvalue weighted by molar-refractivity contribution is 0.438.